The van der Waals surface area contributed by atoms with Crippen LogP contribution in [0.2, 0.25) is 0 Å². The van der Waals surface area contributed by atoms with Crippen molar-refractivity contribution in [1.29, 1.82) is 0 Å². The first kappa shape index (κ1) is 29.8. The minimum Gasteiger partial charge on any atom is -0.513 e. The number of nitrogens with zero attached hydrogens (tertiary/aromatic N) is 2. The molecular formula is C28H36N2O4. The molecule has 0 radical (unpaired) electrons. The Morgan fingerprint density at radius 2 is 1.06 bits per heavy atom. The molecule has 34 heavy (non-hydrogen) atoms. The molecule has 0 spiro atoms. The van der Waals surface area contributed by atoms with Gasteiger partial charge in [0.15, 0.2) is 0 Å². The molecule has 0 saturated carbocycles. The minimum absolute atomic E-state index is 0.200. The Labute approximate surface area is 204 Å². The predicted molar refractivity (Wildman–Crippen MR) is 140 cm³/mol. The molecule has 0 aromatic rings. The molecule has 0 fully saturated rings. The van der Waals surface area contributed by atoms with E-state index in [1.54, 1.807) is 62.5 Å². The van der Waals surface area contributed by atoms with Crippen LogP contribution in [0.3, 0.4) is 0 Å². The number of rotatable bonds is 15. The molecule has 0 aliphatic rings. The van der Waals surface area contributed by atoms with Crippen LogP contribution in [0.1, 0.15) is 27.7 Å². The van der Waals surface area contributed by atoms with Crippen LogP contribution in [-0.4, -0.2) is 46.5 Å². The summed E-state index contributed by atoms with van der Waals surface area (Å²) in [7, 11) is 0. The lowest BCUT2D eigenvalue weighted by atomic mass is 10.3. The maximum Gasteiger partial charge on any atom is 0.107 e. The van der Waals surface area contributed by atoms with Crippen LogP contribution in [0.25, 0.3) is 0 Å². The fourth-order valence-corrected chi connectivity index (χ4v) is 2.52. The van der Waals surface area contributed by atoms with Crippen molar-refractivity contribution in [3.8, 4) is 24.7 Å². The average molecular weight is 465 g/mol. The van der Waals surface area contributed by atoms with E-state index >= 15 is 0 Å². The molecule has 0 aromatic carbocycles. The van der Waals surface area contributed by atoms with Gasteiger partial charge >= 0.3 is 0 Å². The van der Waals surface area contributed by atoms with Gasteiger partial charge in [-0.15, -0.1) is 12.8 Å². The summed E-state index contributed by atoms with van der Waals surface area (Å²) >= 11 is 0. The van der Waals surface area contributed by atoms with Gasteiger partial charge in [0, 0.05) is 11.4 Å². The van der Waals surface area contributed by atoms with Crippen molar-refractivity contribution < 1.29 is 19.7 Å². The number of hydrazine groups is 1. The second kappa shape index (κ2) is 19.5. The Bertz CT molecular complexity index is 835. The Morgan fingerprint density at radius 3 is 1.38 bits per heavy atom. The Kier molecular flexibility index (Phi) is 17.1. The van der Waals surface area contributed by atoms with E-state index in [-0.39, 0.29) is 11.5 Å². The number of allylic oxidation sites excluding steroid dienone is 14. The maximum atomic E-state index is 9.21. The molecule has 0 amide bonds. The summed E-state index contributed by atoms with van der Waals surface area (Å²) in [6.07, 6.45) is 30.7. The molecule has 0 rings (SSSR count). The lowest BCUT2D eigenvalue weighted by Gasteiger charge is -2.39. The van der Waals surface area contributed by atoms with E-state index < -0.39 is 0 Å². The second-order valence-electron chi connectivity index (χ2n) is 6.93. The van der Waals surface area contributed by atoms with Crippen molar-refractivity contribution in [1.82, 2.24) is 10.0 Å². The van der Waals surface area contributed by atoms with Crippen LogP contribution in [0, 0.1) is 24.7 Å². The van der Waals surface area contributed by atoms with Gasteiger partial charge in [0.2, 0.25) is 0 Å². The zero-order valence-electron chi connectivity index (χ0n) is 20.5. The number of ether oxygens (including phenoxy) is 2. The fourth-order valence-electron chi connectivity index (χ4n) is 2.52. The molecule has 0 saturated heterocycles. The number of hydrogen-bond acceptors (Lipinski definition) is 6. The van der Waals surface area contributed by atoms with E-state index in [2.05, 4.69) is 21.9 Å². The number of terminal acetylenes is 2. The van der Waals surface area contributed by atoms with Crippen molar-refractivity contribution in [2.45, 2.75) is 27.7 Å². The zero-order valence-corrected chi connectivity index (χ0v) is 20.5. The third kappa shape index (κ3) is 15.6. The minimum atomic E-state index is 0.200. The first-order valence-electron chi connectivity index (χ1n) is 10.8. The third-order valence-electron chi connectivity index (χ3n) is 4.03. The van der Waals surface area contributed by atoms with Gasteiger partial charge in [-0.05, 0) is 76.3 Å². The Hall–Kier alpha value is -4.16. The van der Waals surface area contributed by atoms with Crippen LogP contribution in [0.5, 0.6) is 0 Å². The molecule has 0 heterocycles. The van der Waals surface area contributed by atoms with Crippen LogP contribution < -0.4 is 0 Å². The molecule has 0 atom stereocenters. The van der Waals surface area contributed by atoms with Crippen molar-refractivity contribution in [3.05, 3.63) is 96.2 Å². The van der Waals surface area contributed by atoms with E-state index in [0.29, 0.717) is 26.3 Å². The van der Waals surface area contributed by atoms with E-state index in [0.717, 1.165) is 11.4 Å². The highest BCUT2D eigenvalue weighted by Gasteiger charge is 2.16. The van der Waals surface area contributed by atoms with Gasteiger partial charge in [-0.3, -0.25) is 10.0 Å². The normalized spacial score (nSPS) is 13.6. The summed E-state index contributed by atoms with van der Waals surface area (Å²) in [5.41, 5.74) is 1.88. The van der Waals surface area contributed by atoms with Crippen molar-refractivity contribution in [3.63, 3.8) is 0 Å². The molecule has 6 nitrogen and oxygen atoms in total. The highest BCUT2D eigenvalue weighted by Crippen LogP contribution is 2.15. The topological polar surface area (TPSA) is 65.4 Å². The largest absolute Gasteiger partial charge is 0.513 e. The van der Waals surface area contributed by atoms with Crippen LogP contribution >= 0.6 is 0 Å². The van der Waals surface area contributed by atoms with Crippen molar-refractivity contribution >= 4 is 0 Å². The summed E-state index contributed by atoms with van der Waals surface area (Å²) in [6, 6.07) is 0. The number of aliphatic hydroxyl groups is 2. The monoisotopic (exact) mass is 464 g/mol. The molecule has 182 valence electrons. The van der Waals surface area contributed by atoms with Gasteiger partial charge < -0.3 is 19.7 Å². The van der Waals surface area contributed by atoms with Gasteiger partial charge in [-0.2, -0.15) is 0 Å². The van der Waals surface area contributed by atoms with E-state index in [1.165, 1.54) is 12.5 Å². The molecule has 6 heteroatoms. The highest BCUT2D eigenvalue weighted by molar-refractivity contribution is 5.20. The summed E-state index contributed by atoms with van der Waals surface area (Å²) in [4.78, 5) is 0. The molecule has 0 aliphatic heterocycles. The van der Waals surface area contributed by atoms with Gasteiger partial charge in [0.25, 0.3) is 0 Å². The predicted octanol–water partition coefficient (Wildman–Crippen LogP) is 5.68. The second-order valence-corrected chi connectivity index (χ2v) is 6.93. The first-order chi connectivity index (χ1) is 16.3. The lowest BCUT2D eigenvalue weighted by Crippen LogP contribution is -2.43. The first-order valence-corrected chi connectivity index (χ1v) is 10.8. The molecule has 0 aliphatic carbocycles. The van der Waals surface area contributed by atoms with Crippen LogP contribution in [-0.2, 0) is 9.47 Å². The molecular weight excluding hydrogens is 428 g/mol. The lowest BCUT2D eigenvalue weighted by molar-refractivity contribution is 0.0129. The molecule has 0 unspecified atom stereocenters. The van der Waals surface area contributed by atoms with Crippen molar-refractivity contribution in [2.24, 2.45) is 0 Å². The number of aliphatic hydroxyl groups excluding tert-OH is 2. The van der Waals surface area contributed by atoms with Gasteiger partial charge in [0.05, 0.1) is 37.1 Å². The highest BCUT2D eigenvalue weighted by atomic mass is 16.5. The van der Waals surface area contributed by atoms with Gasteiger partial charge in [-0.25, -0.2) is 0 Å². The average Bonchev–Trinajstić information content (AvgIpc) is 2.78. The smallest absolute Gasteiger partial charge is 0.107 e. The Balaban J connectivity index is 5.70. The third-order valence-corrected chi connectivity index (χ3v) is 4.03. The zero-order chi connectivity index (χ0) is 25.6. The Morgan fingerprint density at radius 1 is 0.676 bits per heavy atom. The number of hydrogen-bond donors (Lipinski definition) is 2. The van der Waals surface area contributed by atoms with E-state index in [4.69, 9.17) is 22.3 Å². The molecule has 0 bridgehead atoms. The van der Waals surface area contributed by atoms with Gasteiger partial charge in [-0.1, -0.05) is 24.0 Å². The SMILES string of the molecule is C#C/C=C/C=C(\C)N(CCO/C=C/C=C(\C)O)N(CCO/C=C/C=C(\C)O)/C(C)=C/C=C/C#C. The summed E-state index contributed by atoms with van der Waals surface area (Å²) in [5, 5.41) is 22.5. The standard InChI is InChI=1S/C28H36N2O4/c1-7-9-11-15-25(3)29(19-23-33-21-13-17-27(5)31)30(26(4)16-12-10-8-2)20-24-34-22-14-18-28(6)32/h1-2,9-18,21-22,31-32H,19-20,23-24H2,3-6H3/b11-9+,12-10+,21-13+,22-14+,25-15+,26-16+,27-17+,28-18+. The summed E-state index contributed by atoms with van der Waals surface area (Å²) in [6.45, 7) is 8.97. The fraction of sp³-hybridized carbons (Fsp3) is 0.286. The van der Waals surface area contributed by atoms with Gasteiger partial charge in [0.1, 0.15) is 13.2 Å². The maximum absolute atomic E-state index is 9.21. The van der Waals surface area contributed by atoms with Crippen molar-refractivity contribution in [2.75, 3.05) is 26.3 Å². The molecule has 2 N–H and O–H groups in total. The summed E-state index contributed by atoms with van der Waals surface area (Å²) in [5.74, 6) is 5.36. The van der Waals surface area contributed by atoms with Crippen LogP contribution in [0.4, 0.5) is 0 Å². The summed E-state index contributed by atoms with van der Waals surface area (Å²) < 4.78 is 11.2. The molecule has 0 aromatic heterocycles. The van der Waals surface area contributed by atoms with E-state index in [1.807, 2.05) is 26.0 Å². The quantitative estimate of drug-likeness (QED) is 0.107. The van der Waals surface area contributed by atoms with Crippen LogP contribution in [0.15, 0.2) is 96.2 Å². The van der Waals surface area contributed by atoms with E-state index in [9.17, 15) is 10.2 Å².